The van der Waals surface area contributed by atoms with Crippen molar-refractivity contribution in [1.29, 1.82) is 0 Å². The van der Waals surface area contributed by atoms with Gasteiger partial charge in [0.25, 0.3) is 10.0 Å². The minimum absolute atomic E-state index is 0.0271. The number of sulfonamides is 1. The molecule has 0 spiro atoms. The van der Waals surface area contributed by atoms with E-state index in [1.54, 1.807) is 36.1 Å². The van der Waals surface area contributed by atoms with E-state index < -0.39 is 16.1 Å². The van der Waals surface area contributed by atoms with Gasteiger partial charge in [-0.05, 0) is 59.9 Å². The summed E-state index contributed by atoms with van der Waals surface area (Å²) in [6, 6.07) is 16.5. The van der Waals surface area contributed by atoms with Crippen molar-refractivity contribution in [2.45, 2.75) is 29.9 Å². The molecule has 1 aliphatic heterocycles. The number of rotatable bonds is 9. The highest BCUT2D eigenvalue weighted by Crippen LogP contribution is 2.32. The number of benzene rings is 2. The molecule has 186 valence electrons. The second kappa shape index (κ2) is 10.8. The van der Waals surface area contributed by atoms with Gasteiger partial charge in [-0.2, -0.15) is 0 Å². The predicted molar refractivity (Wildman–Crippen MR) is 140 cm³/mol. The second-order valence-corrected chi connectivity index (χ2v) is 11.1. The van der Waals surface area contributed by atoms with Crippen molar-refractivity contribution in [3.05, 3.63) is 89.7 Å². The molecule has 36 heavy (non-hydrogen) atoms. The van der Waals surface area contributed by atoms with Crippen LogP contribution in [0.15, 0.2) is 83.5 Å². The van der Waals surface area contributed by atoms with Crippen LogP contribution in [-0.4, -0.2) is 42.7 Å². The number of aryl methyl sites for hydroxylation is 1. The average Bonchev–Trinajstić information content (AvgIpc) is 3.41. The van der Waals surface area contributed by atoms with Gasteiger partial charge in [-0.1, -0.05) is 24.3 Å². The highest BCUT2D eigenvalue weighted by Gasteiger charge is 2.21. The fraction of sp³-hybridized carbons (Fsp3) is 0.231. The van der Waals surface area contributed by atoms with E-state index >= 15 is 0 Å². The summed E-state index contributed by atoms with van der Waals surface area (Å²) in [6.07, 6.45) is 6.07. The minimum atomic E-state index is -3.68. The lowest BCUT2D eigenvalue weighted by atomic mass is 9.97. The molecule has 0 aliphatic carbocycles. The molecule has 4 aromatic rings. The number of nitrogens with one attached hydrogen (secondary N) is 2. The molecule has 0 amide bonds. The van der Waals surface area contributed by atoms with E-state index in [0.29, 0.717) is 18.2 Å². The molecule has 2 aromatic heterocycles. The van der Waals surface area contributed by atoms with Crippen LogP contribution in [0.2, 0.25) is 0 Å². The molecule has 5 rings (SSSR count). The number of thiazole rings is 1. The molecule has 2 aromatic carbocycles. The molecule has 3 heterocycles. The van der Waals surface area contributed by atoms with Gasteiger partial charge < -0.3 is 15.2 Å². The van der Waals surface area contributed by atoms with Gasteiger partial charge in [0.15, 0.2) is 5.13 Å². The molecule has 0 saturated carbocycles. The van der Waals surface area contributed by atoms with Gasteiger partial charge in [-0.3, -0.25) is 9.71 Å². The zero-order valence-corrected chi connectivity index (χ0v) is 21.0. The van der Waals surface area contributed by atoms with Crippen LogP contribution in [0.4, 0.5) is 5.13 Å². The van der Waals surface area contributed by atoms with Gasteiger partial charge in [-0.25, -0.2) is 13.4 Å². The van der Waals surface area contributed by atoms with E-state index in [1.807, 2.05) is 36.4 Å². The SMILES string of the molecule is O=S(=O)(Nc1nccs1)c1ccc(-c2ccc3c(c2)CCC(CNCC(O)c2cccnc2)O3)cc1. The Bertz CT molecular complexity index is 1400. The largest absolute Gasteiger partial charge is 0.489 e. The zero-order chi connectivity index (χ0) is 25.0. The Morgan fingerprint density at radius 3 is 2.69 bits per heavy atom. The maximum absolute atomic E-state index is 12.6. The van der Waals surface area contributed by atoms with Gasteiger partial charge in [-0.15, -0.1) is 11.3 Å². The summed E-state index contributed by atoms with van der Waals surface area (Å²) in [6.45, 7) is 1.08. The highest BCUT2D eigenvalue weighted by atomic mass is 32.2. The minimum Gasteiger partial charge on any atom is -0.489 e. The first-order chi connectivity index (χ1) is 17.5. The molecule has 0 bridgehead atoms. The topological polar surface area (TPSA) is 113 Å². The monoisotopic (exact) mass is 522 g/mol. The van der Waals surface area contributed by atoms with Crippen molar-refractivity contribution >= 4 is 26.5 Å². The van der Waals surface area contributed by atoms with Gasteiger partial charge in [0, 0.05) is 42.6 Å². The first kappa shape index (κ1) is 24.4. The average molecular weight is 523 g/mol. The number of fused-ring (bicyclic) bond motifs is 1. The van der Waals surface area contributed by atoms with Gasteiger partial charge in [0.1, 0.15) is 11.9 Å². The molecule has 1 aliphatic rings. The lowest BCUT2D eigenvalue weighted by Gasteiger charge is -2.27. The summed E-state index contributed by atoms with van der Waals surface area (Å²) in [4.78, 5) is 8.20. The normalized spacial score (nSPS) is 16.1. The molecule has 10 heteroatoms. The van der Waals surface area contributed by atoms with Crippen LogP contribution in [0.25, 0.3) is 11.1 Å². The van der Waals surface area contributed by atoms with E-state index in [4.69, 9.17) is 4.74 Å². The van der Waals surface area contributed by atoms with E-state index in [2.05, 4.69) is 26.1 Å². The molecule has 2 unspecified atom stereocenters. The maximum Gasteiger partial charge on any atom is 0.263 e. The number of aromatic nitrogens is 2. The second-order valence-electron chi connectivity index (χ2n) is 8.53. The molecule has 3 N–H and O–H groups in total. The first-order valence-corrected chi connectivity index (χ1v) is 14.0. The highest BCUT2D eigenvalue weighted by molar-refractivity contribution is 7.93. The van der Waals surface area contributed by atoms with Crippen LogP contribution in [0.3, 0.4) is 0 Å². The quantitative estimate of drug-likeness (QED) is 0.304. The van der Waals surface area contributed by atoms with Gasteiger partial charge in [0.2, 0.25) is 0 Å². The Morgan fingerprint density at radius 2 is 1.94 bits per heavy atom. The van der Waals surface area contributed by atoms with Gasteiger partial charge >= 0.3 is 0 Å². The van der Waals surface area contributed by atoms with Crippen molar-refractivity contribution in [2.75, 3.05) is 17.8 Å². The Hall–Kier alpha value is -3.31. The van der Waals surface area contributed by atoms with Crippen LogP contribution in [0, 0.1) is 0 Å². The Balaban J connectivity index is 1.18. The predicted octanol–water partition coefficient (Wildman–Crippen LogP) is 4.02. The number of pyridine rings is 1. The van der Waals surface area contributed by atoms with Crippen LogP contribution in [-0.2, 0) is 16.4 Å². The standard InChI is InChI=1S/C26H26N4O4S2/c31-24(21-2-1-11-27-15-21)17-28-16-22-7-3-20-14-19(6-10-25(20)34-22)18-4-8-23(9-5-18)36(32,33)30-26-29-12-13-35-26/h1-2,4-6,8-15,22,24,28,31H,3,7,16-17H2,(H,29,30). The number of ether oxygens (including phenoxy) is 1. The summed E-state index contributed by atoms with van der Waals surface area (Å²) in [5.41, 5.74) is 3.85. The van der Waals surface area contributed by atoms with E-state index in [0.717, 1.165) is 40.8 Å². The fourth-order valence-corrected chi connectivity index (χ4v) is 5.90. The number of hydrogen-bond donors (Lipinski definition) is 3. The van der Waals surface area contributed by atoms with Crippen molar-refractivity contribution in [3.8, 4) is 16.9 Å². The fourth-order valence-electron chi connectivity index (χ4n) is 4.11. The van der Waals surface area contributed by atoms with Crippen LogP contribution >= 0.6 is 11.3 Å². The van der Waals surface area contributed by atoms with Crippen molar-refractivity contribution in [2.24, 2.45) is 0 Å². The number of aliphatic hydroxyl groups is 1. The molecular formula is C26H26N4O4S2. The molecule has 0 fully saturated rings. The zero-order valence-electron chi connectivity index (χ0n) is 19.4. The van der Waals surface area contributed by atoms with Gasteiger partial charge in [0.05, 0.1) is 11.0 Å². The smallest absolute Gasteiger partial charge is 0.263 e. The Morgan fingerprint density at radius 1 is 1.11 bits per heavy atom. The summed E-state index contributed by atoms with van der Waals surface area (Å²) in [7, 11) is -3.68. The van der Waals surface area contributed by atoms with Crippen LogP contribution < -0.4 is 14.8 Å². The summed E-state index contributed by atoms with van der Waals surface area (Å²) in [5, 5.41) is 15.6. The Labute approximate surface area is 214 Å². The van der Waals surface area contributed by atoms with Crippen molar-refractivity contribution in [1.82, 2.24) is 15.3 Å². The first-order valence-electron chi connectivity index (χ1n) is 11.6. The molecule has 0 radical (unpaired) electrons. The van der Waals surface area contributed by atoms with E-state index in [9.17, 15) is 13.5 Å². The maximum atomic E-state index is 12.6. The molecule has 8 nitrogen and oxygen atoms in total. The summed E-state index contributed by atoms with van der Waals surface area (Å²) < 4.78 is 33.8. The summed E-state index contributed by atoms with van der Waals surface area (Å²) in [5.74, 6) is 0.858. The third-order valence-corrected chi connectivity index (χ3v) is 8.19. The number of anilines is 1. The van der Waals surface area contributed by atoms with E-state index in [-0.39, 0.29) is 11.0 Å². The van der Waals surface area contributed by atoms with Crippen molar-refractivity contribution < 1.29 is 18.3 Å². The number of aliphatic hydroxyl groups excluding tert-OH is 1. The number of nitrogens with zero attached hydrogens (tertiary/aromatic N) is 2. The van der Waals surface area contributed by atoms with Crippen molar-refractivity contribution in [3.63, 3.8) is 0 Å². The number of hydrogen-bond acceptors (Lipinski definition) is 8. The lowest BCUT2D eigenvalue weighted by molar-refractivity contribution is 0.146. The third kappa shape index (κ3) is 5.73. The Kier molecular flexibility index (Phi) is 7.28. The third-order valence-electron chi connectivity index (χ3n) is 6.02. The molecule has 0 saturated heterocycles. The molecular weight excluding hydrogens is 496 g/mol. The van der Waals surface area contributed by atoms with Crippen LogP contribution in [0.5, 0.6) is 5.75 Å². The molecule has 2 atom stereocenters. The van der Waals surface area contributed by atoms with Crippen LogP contribution in [0.1, 0.15) is 23.7 Å². The lowest BCUT2D eigenvalue weighted by Crippen LogP contribution is -2.36. The van der Waals surface area contributed by atoms with E-state index in [1.165, 1.54) is 11.3 Å². The summed E-state index contributed by atoms with van der Waals surface area (Å²) >= 11 is 1.23.